The molecule has 2 amide bonds. The summed E-state index contributed by atoms with van der Waals surface area (Å²) in [7, 11) is 0. The van der Waals surface area contributed by atoms with Crippen LogP contribution in [-0.2, 0) is 0 Å². The molecule has 0 aliphatic rings. The van der Waals surface area contributed by atoms with Gasteiger partial charge in [0.25, 0.3) is 0 Å². The molecule has 0 aromatic carbocycles. The van der Waals surface area contributed by atoms with Crippen LogP contribution in [0.2, 0.25) is 0 Å². The van der Waals surface area contributed by atoms with Gasteiger partial charge in [-0.05, 0) is 34.1 Å². The highest BCUT2D eigenvalue weighted by atomic mass is 16.2. The first-order chi connectivity index (χ1) is 6.49. The van der Waals surface area contributed by atoms with Crippen molar-refractivity contribution in [2.45, 2.75) is 59.5 Å². The topological polar surface area (TPSA) is 32.3 Å². The monoisotopic (exact) mass is 200 g/mol. The molecule has 0 bridgehead atoms. The van der Waals surface area contributed by atoms with Gasteiger partial charge in [-0.3, -0.25) is 0 Å². The Morgan fingerprint density at radius 2 is 1.86 bits per heavy atom. The number of carbonyl (C=O) groups is 1. The van der Waals surface area contributed by atoms with Crippen molar-refractivity contribution in [2.75, 3.05) is 6.54 Å². The Labute approximate surface area is 87.9 Å². The minimum Gasteiger partial charge on any atom is -0.336 e. The minimum absolute atomic E-state index is 0.0588. The van der Waals surface area contributed by atoms with E-state index in [1.807, 2.05) is 18.7 Å². The van der Waals surface area contributed by atoms with Crippen LogP contribution in [0.25, 0.3) is 0 Å². The van der Waals surface area contributed by atoms with Crippen LogP contribution in [-0.4, -0.2) is 29.6 Å². The zero-order chi connectivity index (χ0) is 11.1. The first-order valence-electron chi connectivity index (χ1n) is 5.56. The van der Waals surface area contributed by atoms with E-state index >= 15 is 0 Å². The third kappa shape index (κ3) is 5.10. The second-order valence-corrected chi connectivity index (χ2v) is 4.24. The third-order valence-corrected chi connectivity index (χ3v) is 2.05. The fraction of sp³-hybridized carbons (Fsp3) is 0.909. The van der Waals surface area contributed by atoms with Gasteiger partial charge in [0.05, 0.1) is 0 Å². The Morgan fingerprint density at radius 1 is 1.29 bits per heavy atom. The molecule has 0 aliphatic heterocycles. The molecule has 84 valence electrons. The summed E-state index contributed by atoms with van der Waals surface area (Å²) in [4.78, 5) is 13.6. The SMILES string of the molecule is CCCCN(C(=O)NC(C)C)C(C)C. The highest BCUT2D eigenvalue weighted by Crippen LogP contribution is 2.02. The van der Waals surface area contributed by atoms with Gasteiger partial charge in [0.2, 0.25) is 0 Å². The molecule has 0 saturated carbocycles. The lowest BCUT2D eigenvalue weighted by Gasteiger charge is -2.27. The average Bonchev–Trinajstić information content (AvgIpc) is 2.02. The summed E-state index contributed by atoms with van der Waals surface area (Å²) in [5.41, 5.74) is 0. The van der Waals surface area contributed by atoms with Crippen molar-refractivity contribution in [3.05, 3.63) is 0 Å². The maximum absolute atomic E-state index is 11.7. The first-order valence-corrected chi connectivity index (χ1v) is 5.56. The van der Waals surface area contributed by atoms with Gasteiger partial charge in [-0.25, -0.2) is 4.79 Å². The summed E-state index contributed by atoms with van der Waals surface area (Å²) in [6.07, 6.45) is 2.20. The van der Waals surface area contributed by atoms with Gasteiger partial charge in [0, 0.05) is 18.6 Å². The van der Waals surface area contributed by atoms with E-state index in [1.165, 1.54) is 0 Å². The van der Waals surface area contributed by atoms with Gasteiger partial charge < -0.3 is 10.2 Å². The molecule has 1 N–H and O–H groups in total. The number of carbonyl (C=O) groups excluding carboxylic acids is 1. The molecule has 0 saturated heterocycles. The van der Waals surface area contributed by atoms with Crippen LogP contribution in [0, 0.1) is 0 Å². The summed E-state index contributed by atoms with van der Waals surface area (Å²) >= 11 is 0. The molecule has 0 rings (SSSR count). The van der Waals surface area contributed by atoms with E-state index in [-0.39, 0.29) is 18.1 Å². The molecule has 0 aliphatic carbocycles. The Kier molecular flexibility index (Phi) is 6.34. The molecule has 0 heterocycles. The molecule has 0 radical (unpaired) electrons. The number of unbranched alkanes of at least 4 members (excludes halogenated alkanes) is 1. The summed E-state index contributed by atoms with van der Waals surface area (Å²) in [6, 6.07) is 0.550. The Bertz CT molecular complexity index is 167. The quantitative estimate of drug-likeness (QED) is 0.727. The molecule has 0 aromatic heterocycles. The van der Waals surface area contributed by atoms with Crippen LogP contribution >= 0.6 is 0 Å². The predicted molar refractivity (Wildman–Crippen MR) is 60.4 cm³/mol. The fourth-order valence-electron chi connectivity index (χ4n) is 1.25. The second kappa shape index (κ2) is 6.68. The van der Waals surface area contributed by atoms with Crippen LogP contribution in [0.4, 0.5) is 4.79 Å². The normalized spacial score (nSPS) is 10.8. The molecule has 14 heavy (non-hydrogen) atoms. The van der Waals surface area contributed by atoms with Crippen LogP contribution < -0.4 is 5.32 Å². The maximum Gasteiger partial charge on any atom is 0.317 e. The lowest BCUT2D eigenvalue weighted by atomic mass is 10.2. The molecular weight excluding hydrogens is 176 g/mol. The summed E-state index contributed by atoms with van der Waals surface area (Å²) < 4.78 is 0. The highest BCUT2D eigenvalue weighted by molar-refractivity contribution is 5.74. The summed E-state index contributed by atoms with van der Waals surface area (Å²) in [6.45, 7) is 11.1. The molecule has 0 unspecified atom stereocenters. The van der Waals surface area contributed by atoms with Crippen molar-refractivity contribution in [1.82, 2.24) is 10.2 Å². The van der Waals surface area contributed by atoms with E-state index in [0.29, 0.717) is 0 Å². The molecule has 0 spiro atoms. The number of nitrogens with zero attached hydrogens (tertiary/aromatic N) is 1. The van der Waals surface area contributed by atoms with Crippen molar-refractivity contribution in [1.29, 1.82) is 0 Å². The van der Waals surface area contributed by atoms with Crippen LogP contribution in [0.15, 0.2) is 0 Å². The lowest BCUT2D eigenvalue weighted by Crippen LogP contribution is -2.46. The van der Waals surface area contributed by atoms with Gasteiger partial charge in [-0.1, -0.05) is 13.3 Å². The zero-order valence-corrected chi connectivity index (χ0v) is 10.1. The van der Waals surface area contributed by atoms with Crippen LogP contribution in [0.1, 0.15) is 47.5 Å². The van der Waals surface area contributed by atoms with E-state index < -0.39 is 0 Å². The van der Waals surface area contributed by atoms with Crippen LogP contribution in [0.5, 0.6) is 0 Å². The van der Waals surface area contributed by atoms with Crippen molar-refractivity contribution in [3.63, 3.8) is 0 Å². The smallest absolute Gasteiger partial charge is 0.317 e. The summed E-state index contributed by atoms with van der Waals surface area (Å²) in [5.74, 6) is 0. The minimum atomic E-state index is 0.0588. The fourth-order valence-corrected chi connectivity index (χ4v) is 1.25. The number of nitrogens with one attached hydrogen (secondary N) is 1. The molecule has 0 fully saturated rings. The van der Waals surface area contributed by atoms with Gasteiger partial charge in [0.15, 0.2) is 0 Å². The van der Waals surface area contributed by atoms with Crippen molar-refractivity contribution in [3.8, 4) is 0 Å². The number of urea groups is 1. The van der Waals surface area contributed by atoms with E-state index in [0.717, 1.165) is 19.4 Å². The average molecular weight is 200 g/mol. The Hall–Kier alpha value is -0.730. The standard InChI is InChI=1S/C11H24N2O/c1-6-7-8-13(10(4)5)11(14)12-9(2)3/h9-10H,6-8H2,1-5H3,(H,12,14). The Balaban J connectivity index is 4.11. The molecule has 3 heteroatoms. The number of hydrogen-bond acceptors (Lipinski definition) is 1. The number of hydrogen-bond donors (Lipinski definition) is 1. The van der Waals surface area contributed by atoms with Crippen molar-refractivity contribution in [2.24, 2.45) is 0 Å². The molecule has 0 atom stereocenters. The highest BCUT2D eigenvalue weighted by Gasteiger charge is 2.16. The lowest BCUT2D eigenvalue weighted by molar-refractivity contribution is 0.179. The number of rotatable bonds is 5. The molecular formula is C11H24N2O. The predicted octanol–water partition coefficient (Wildman–Crippen LogP) is 2.61. The van der Waals surface area contributed by atoms with Crippen molar-refractivity contribution >= 4 is 6.03 Å². The largest absolute Gasteiger partial charge is 0.336 e. The van der Waals surface area contributed by atoms with E-state index in [9.17, 15) is 4.79 Å². The first kappa shape index (κ1) is 13.3. The van der Waals surface area contributed by atoms with Crippen molar-refractivity contribution < 1.29 is 4.79 Å². The Morgan fingerprint density at radius 3 is 2.21 bits per heavy atom. The van der Waals surface area contributed by atoms with Crippen LogP contribution in [0.3, 0.4) is 0 Å². The maximum atomic E-state index is 11.7. The van der Waals surface area contributed by atoms with Gasteiger partial charge in [-0.15, -0.1) is 0 Å². The third-order valence-electron chi connectivity index (χ3n) is 2.05. The van der Waals surface area contributed by atoms with E-state index in [2.05, 4.69) is 26.1 Å². The zero-order valence-electron chi connectivity index (χ0n) is 10.1. The van der Waals surface area contributed by atoms with E-state index in [4.69, 9.17) is 0 Å². The van der Waals surface area contributed by atoms with Gasteiger partial charge in [-0.2, -0.15) is 0 Å². The molecule has 0 aromatic rings. The second-order valence-electron chi connectivity index (χ2n) is 4.24. The molecule has 3 nitrogen and oxygen atoms in total. The number of amides is 2. The van der Waals surface area contributed by atoms with Gasteiger partial charge in [0.1, 0.15) is 0 Å². The summed E-state index contributed by atoms with van der Waals surface area (Å²) in [5, 5.41) is 2.92. The van der Waals surface area contributed by atoms with E-state index in [1.54, 1.807) is 0 Å². The van der Waals surface area contributed by atoms with Gasteiger partial charge >= 0.3 is 6.03 Å².